The summed E-state index contributed by atoms with van der Waals surface area (Å²) in [5.74, 6) is -2.01. The molecule has 3 aromatic rings. The third kappa shape index (κ3) is 6.41. The molecule has 0 radical (unpaired) electrons. The molecule has 0 saturated heterocycles. The summed E-state index contributed by atoms with van der Waals surface area (Å²) < 4.78 is 5.32. The molecule has 3 rings (SSSR count). The zero-order chi connectivity index (χ0) is 24.0. The minimum absolute atomic E-state index is 0.330. The largest absolute Gasteiger partial charge is 0.423 e. The van der Waals surface area contributed by atoms with Crippen molar-refractivity contribution >= 4 is 52.4 Å². The molecule has 7 nitrogen and oxygen atoms in total. The van der Waals surface area contributed by atoms with Crippen LogP contribution in [-0.2, 0) is 9.59 Å². The number of ether oxygens (including phenoxy) is 1. The monoisotopic (exact) mass is 483 g/mol. The van der Waals surface area contributed by atoms with E-state index in [0.29, 0.717) is 43.9 Å². The van der Waals surface area contributed by atoms with Crippen LogP contribution < -0.4 is 15.5 Å². The molecule has 0 bridgehead atoms. The van der Waals surface area contributed by atoms with Crippen molar-refractivity contribution < 1.29 is 19.1 Å². The molecule has 0 spiro atoms. The van der Waals surface area contributed by atoms with Crippen molar-refractivity contribution in [3.05, 3.63) is 93.5 Å². The zero-order valence-corrected chi connectivity index (χ0v) is 19.2. The smallest absolute Gasteiger partial charge is 0.343 e. The van der Waals surface area contributed by atoms with E-state index < -0.39 is 17.8 Å². The standard InChI is InChI=1S/C24H19Cl2N3O4/c1-14-20(26)7-4-8-21(14)27-22(30)23(31)29-28-15(2)16-9-11-19(12-10-16)33-24(32)17-5-3-6-18(25)13-17/h3-13H,1-2H3,(H,27,30)(H,29,31)/b28-15+. The first-order valence-corrected chi connectivity index (χ1v) is 10.5. The molecule has 2 N–H and O–H groups in total. The van der Waals surface area contributed by atoms with Crippen molar-refractivity contribution in [1.29, 1.82) is 0 Å². The molecule has 0 heterocycles. The Bertz CT molecular complexity index is 1240. The van der Waals surface area contributed by atoms with Gasteiger partial charge in [-0.2, -0.15) is 5.10 Å². The molecule has 0 saturated carbocycles. The van der Waals surface area contributed by atoms with Crippen LogP contribution in [0.3, 0.4) is 0 Å². The van der Waals surface area contributed by atoms with Crippen molar-refractivity contribution in [1.82, 2.24) is 5.43 Å². The van der Waals surface area contributed by atoms with Crippen molar-refractivity contribution in [2.45, 2.75) is 13.8 Å². The van der Waals surface area contributed by atoms with E-state index in [9.17, 15) is 14.4 Å². The molecule has 33 heavy (non-hydrogen) atoms. The maximum absolute atomic E-state index is 12.2. The fraction of sp³-hybridized carbons (Fsp3) is 0.0833. The summed E-state index contributed by atoms with van der Waals surface area (Å²) in [4.78, 5) is 36.4. The van der Waals surface area contributed by atoms with Crippen LogP contribution in [0.15, 0.2) is 71.8 Å². The summed E-state index contributed by atoms with van der Waals surface area (Å²) in [6.07, 6.45) is 0. The van der Waals surface area contributed by atoms with Crippen molar-refractivity contribution in [3.63, 3.8) is 0 Å². The van der Waals surface area contributed by atoms with Crippen molar-refractivity contribution in [2.24, 2.45) is 5.10 Å². The summed E-state index contributed by atoms with van der Waals surface area (Å²) >= 11 is 11.9. The van der Waals surface area contributed by atoms with Crippen LogP contribution in [0.1, 0.15) is 28.4 Å². The minimum Gasteiger partial charge on any atom is -0.423 e. The number of hydrogen-bond donors (Lipinski definition) is 2. The van der Waals surface area contributed by atoms with E-state index in [0.717, 1.165) is 0 Å². The lowest BCUT2D eigenvalue weighted by molar-refractivity contribution is -0.136. The normalized spacial score (nSPS) is 11.0. The van der Waals surface area contributed by atoms with E-state index >= 15 is 0 Å². The fourth-order valence-electron chi connectivity index (χ4n) is 2.72. The molecule has 0 aromatic heterocycles. The number of nitrogens with zero attached hydrogens (tertiary/aromatic N) is 1. The number of benzene rings is 3. The van der Waals surface area contributed by atoms with Gasteiger partial charge in [0.05, 0.1) is 11.3 Å². The number of halogens is 2. The first kappa shape index (κ1) is 24.0. The predicted octanol–water partition coefficient (Wildman–Crippen LogP) is 5.00. The second-order valence-corrected chi connectivity index (χ2v) is 7.77. The Balaban J connectivity index is 1.59. The van der Waals surface area contributed by atoms with Gasteiger partial charge in [0.25, 0.3) is 0 Å². The van der Waals surface area contributed by atoms with Crippen LogP contribution in [0.4, 0.5) is 5.69 Å². The number of esters is 1. The number of carbonyl (C=O) groups excluding carboxylic acids is 3. The number of hydrazone groups is 1. The molecule has 9 heteroatoms. The minimum atomic E-state index is -0.930. The highest BCUT2D eigenvalue weighted by Gasteiger charge is 2.15. The summed E-state index contributed by atoms with van der Waals surface area (Å²) in [7, 11) is 0. The Kier molecular flexibility index (Phi) is 7.82. The van der Waals surface area contributed by atoms with Gasteiger partial charge in [-0.15, -0.1) is 0 Å². The van der Waals surface area contributed by atoms with Gasteiger partial charge in [-0.25, -0.2) is 10.2 Å². The number of nitrogens with one attached hydrogen (secondary N) is 2. The first-order chi connectivity index (χ1) is 15.7. The zero-order valence-electron chi connectivity index (χ0n) is 17.7. The molecule has 0 aliphatic carbocycles. The lowest BCUT2D eigenvalue weighted by atomic mass is 10.1. The quantitative estimate of drug-likeness (QED) is 0.175. The Hall–Kier alpha value is -3.68. The molecule has 3 aromatic carbocycles. The molecule has 0 unspecified atom stereocenters. The summed E-state index contributed by atoms with van der Waals surface area (Å²) in [5.41, 5.74) is 4.74. The van der Waals surface area contributed by atoms with E-state index in [-0.39, 0.29) is 0 Å². The van der Waals surface area contributed by atoms with E-state index in [1.54, 1.807) is 74.5 Å². The molecule has 0 fully saturated rings. The van der Waals surface area contributed by atoms with E-state index in [1.807, 2.05) is 0 Å². The summed E-state index contributed by atoms with van der Waals surface area (Å²) in [6, 6.07) is 17.9. The van der Waals surface area contributed by atoms with Crippen molar-refractivity contribution in [2.75, 3.05) is 5.32 Å². The highest BCUT2D eigenvalue weighted by molar-refractivity contribution is 6.40. The van der Waals surface area contributed by atoms with Gasteiger partial charge in [-0.05, 0) is 79.6 Å². The summed E-state index contributed by atoms with van der Waals surface area (Å²) in [6.45, 7) is 3.39. The van der Waals surface area contributed by atoms with Crippen LogP contribution in [0.25, 0.3) is 0 Å². The Morgan fingerprint density at radius 1 is 0.879 bits per heavy atom. The highest BCUT2D eigenvalue weighted by Crippen LogP contribution is 2.22. The Morgan fingerprint density at radius 2 is 1.58 bits per heavy atom. The van der Waals surface area contributed by atoms with E-state index in [4.69, 9.17) is 27.9 Å². The van der Waals surface area contributed by atoms with Gasteiger partial charge in [0.2, 0.25) is 0 Å². The van der Waals surface area contributed by atoms with Gasteiger partial charge in [-0.1, -0.05) is 35.3 Å². The Labute approximate surface area is 200 Å². The molecular formula is C24H19Cl2N3O4. The molecule has 0 aliphatic rings. The number of rotatable bonds is 5. The van der Waals surface area contributed by atoms with Gasteiger partial charge >= 0.3 is 17.8 Å². The average molecular weight is 484 g/mol. The van der Waals surface area contributed by atoms with Gasteiger partial charge < -0.3 is 10.1 Å². The van der Waals surface area contributed by atoms with Gasteiger partial charge in [0.15, 0.2) is 0 Å². The summed E-state index contributed by atoms with van der Waals surface area (Å²) in [5, 5.41) is 7.36. The number of carbonyl (C=O) groups is 3. The van der Waals surface area contributed by atoms with Crippen LogP contribution in [0, 0.1) is 6.92 Å². The van der Waals surface area contributed by atoms with E-state index in [1.165, 1.54) is 6.07 Å². The average Bonchev–Trinajstić information content (AvgIpc) is 2.80. The second kappa shape index (κ2) is 10.8. The highest BCUT2D eigenvalue weighted by atomic mass is 35.5. The molecule has 0 atom stereocenters. The SMILES string of the molecule is C/C(=N\NC(=O)C(=O)Nc1cccc(Cl)c1C)c1ccc(OC(=O)c2cccc(Cl)c2)cc1. The van der Waals surface area contributed by atoms with Crippen LogP contribution in [0.5, 0.6) is 5.75 Å². The number of amides is 2. The van der Waals surface area contributed by atoms with Crippen molar-refractivity contribution in [3.8, 4) is 5.75 Å². The predicted molar refractivity (Wildman–Crippen MR) is 128 cm³/mol. The van der Waals surface area contributed by atoms with Gasteiger partial charge in [0, 0.05) is 15.7 Å². The molecular weight excluding hydrogens is 465 g/mol. The topological polar surface area (TPSA) is 96.9 Å². The fourth-order valence-corrected chi connectivity index (χ4v) is 3.08. The lowest BCUT2D eigenvalue weighted by Gasteiger charge is -2.09. The van der Waals surface area contributed by atoms with Gasteiger partial charge in [-0.3, -0.25) is 9.59 Å². The van der Waals surface area contributed by atoms with Crippen LogP contribution in [0.2, 0.25) is 10.0 Å². The number of hydrogen-bond acceptors (Lipinski definition) is 5. The van der Waals surface area contributed by atoms with E-state index in [2.05, 4.69) is 15.8 Å². The first-order valence-electron chi connectivity index (χ1n) is 9.73. The lowest BCUT2D eigenvalue weighted by Crippen LogP contribution is -2.33. The maximum atomic E-state index is 12.2. The van der Waals surface area contributed by atoms with Gasteiger partial charge in [0.1, 0.15) is 5.75 Å². The third-order valence-electron chi connectivity index (χ3n) is 4.59. The second-order valence-electron chi connectivity index (χ2n) is 6.93. The molecule has 0 aliphatic heterocycles. The number of anilines is 1. The van der Waals surface area contributed by atoms with Crippen LogP contribution in [-0.4, -0.2) is 23.5 Å². The maximum Gasteiger partial charge on any atom is 0.343 e. The molecule has 2 amide bonds. The van der Waals surface area contributed by atoms with Crippen LogP contribution >= 0.6 is 23.2 Å². The third-order valence-corrected chi connectivity index (χ3v) is 5.23. The Morgan fingerprint density at radius 3 is 2.27 bits per heavy atom. The molecule has 168 valence electrons.